The molecule has 0 atom stereocenters. The molecule has 0 aliphatic heterocycles. The number of ether oxygens (including phenoxy) is 1. The molecule has 1 N–H and O–H groups in total. The summed E-state index contributed by atoms with van der Waals surface area (Å²) in [4.78, 5) is 0. The van der Waals surface area contributed by atoms with Gasteiger partial charge in [-0.3, -0.25) is 0 Å². The van der Waals surface area contributed by atoms with Crippen LogP contribution < -0.4 is 10.1 Å². The second kappa shape index (κ2) is 5.65. The van der Waals surface area contributed by atoms with Gasteiger partial charge >= 0.3 is 124 Å². The summed E-state index contributed by atoms with van der Waals surface area (Å²) in [5, 5.41) is 3.44. The molecule has 0 fully saturated rings. The number of nitrogens with zero attached hydrogens (tertiary/aromatic N) is 2. The topological polar surface area (TPSA) is 47.0 Å². The van der Waals surface area contributed by atoms with E-state index in [4.69, 9.17) is 4.74 Å². The first kappa shape index (κ1) is 13.2. The van der Waals surface area contributed by atoms with Crippen molar-refractivity contribution in [3.63, 3.8) is 0 Å². The number of aryl methyl sites for hydroxylation is 1. The molecule has 20 heavy (non-hydrogen) atoms. The van der Waals surface area contributed by atoms with Gasteiger partial charge in [0.1, 0.15) is 0 Å². The summed E-state index contributed by atoms with van der Waals surface area (Å²) in [6, 6.07) is 12.3. The van der Waals surface area contributed by atoms with Crippen LogP contribution in [0, 0.1) is 6.92 Å². The molecule has 0 saturated heterocycles. The summed E-state index contributed by atoms with van der Waals surface area (Å²) >= 11 is 0.0107. The Morgan fingerprint density at radius 3 is 2.90 bits per heavy atom. The van der Waals surface area contributed by atoms with Gasteiger partial charge in [0.05, 0.1) is 0 Å². The van der Waals surface area contributed by atoms with E-state index >= 15 is 0 Å². The van der Waals surface area contributed by atoms with Crippen molar-refractivity contribution in [3.8, 4) is 5.75 Å². The number of benzene rings is 2. The molecule has 3 aromatic rings. The van der Waals surface area contributed by atoms with Crippen molar-refractivity contribution in [1.82, 2.24) is 7.96 Å². The Morgan fingerprint density at radius 1 is 1.20 bits per heavy atom. The third kappa shape index (κ3) is 2.55. The Morgan fingerprint density at radius 2 is 2.10 bits per heavy atom. The first-order chi connectivity index (χ1) is 9.78. The van der Waals surface area contributed by atoms with Crippen molar-refractivity contribution in [2.45, 2.75) is 13.5 Å². The van der Waals surface area contributed by atoms with Gasteiger partial charge in [-0.05, 0) is 0 Å². The number of hydrogen-bond acceptors (Lipinski definition) is 4. The standard InChI is InChI=1S/C15H15N3OSe/c1-10-8-11(6-7-14(10)19-2)9-16-12-4-3-5-13-15(12)18-20-17-13/h3-8,16H,9H2,1-2H3. The van der Waals surface area contributed by atoms with Crippen LogP contribution in [-0.2, 0) is 6.54 Å². The first-order valence-electron chi connectivity index (χ1n) is 6.36. The number of methoxy groups -OCH3 is 1. The van der Waals surface area contributed by atoms with Crippen molar-refractivity contribution in [2.24, 2.45) is 0 Å². The Bertz CT molecular complexity index is 739. The van der Waals surface area contributed by atoms with E-state index in [1.807, 2.05) is 18.2 Å². The van der Waals surface area contributed by atoms with E-state index in [0.29, 0.717) is 0 Å². The average molecular weight is 332 g/mol. The quantitative estimate of drug-likeness (QED) is 0.746. The minimum absolute atomic E-state index is 0.0107. The Kier molecular flexibility index (Phi) is 3.72. The Hall–Kier alpha value is -1.84. The van der Waals surface area contributed by atoms with Crippen LogP contribution in [-0.4, -0.2) is 30.0 Å². The maximum atomic E-state index is 5.28. The molecular weight excluding hydrogens is 317 g/mol. The number of aromatic nitrogens is 2. The summed E-state index contributed by atoms with van der Waals surface area (Å²) < 4.78 is 14.1. The molecule has 0 aliphatic carbocycles. The molecule has 4 nitrogen and oxygen atoms in total. The molecule has 0 spiro atoms. The van der Waals surface area contributed by atoms with Crippen LogP contribution in [0.3, 0.4) is 0 Å². The summed E-state index contributed by atoms with van der Waals surface area (Å²) in [6.07, 6.45) is 0. The van der Waals surface area contributed by atoms with Crippen LogP contribution in [0.25, 0.3) is 11.0 Å². The number of rotatable bonds is 4. The van der Waals surface area contributed by atoms with E-state index in [-0.39, 0.29) is 15.0 Å². The van der Waals surface area contributed by atoms with Crippen LogP contribution in [0.15, 0.2) is 36.4 Å². The molecule has 0 radical (unpaired) electrons. The van der Waals surface area contributed by atoms with Crippen LogP contribution >= 0.6 is 0 Å². The molecule has 0 amide bonds. The van der Waals surface area contributed by atoms with Gasteiger partial charge < -0.3 is 0 Å². The summed E-state index contributed by atoms with van der Waals surface area (Å²) in [5.74, 6) is 0.922. The van der Waals surface area contributed by atoms with Gasteiger partial charge in [0.2, 0.25) is 0 Å². The molecule has 1 aromatic heterocycles. The van der Waals surface area contributed by atoms with E-state index < -0.39 is 0 Å². The van der Waals surface area contributed by atoms with Crippen molar-refractivity contribution >= 4 is 31.7 Å². The zero-order valence-electron chi connectivity index (χ0n) is 11.4. The fourth-order valence-corrected chi connectivity index (χ4v) is 3.35. The molecule has 1 heterocycles. The predicted octanol–water partition coefficient (Wildman–Crippen LogP) is 2.62. The molecule has 2 aromatic carbocycles. The fourth-order valence-electron chi connectivity index (χ4n) is 2.20. The van der Waals surface area contributed by atoms with Crippen molar-refractivity contribution in [3.05, 3.63) is 47.5 Å². The van der Waals surface area contributed by atoms with Crippen molar-refractivity contribution in [1.29, 1.82) is 0 Å². The van der Waals surface area contributed by atoms with Crippen LogP contribution in [0.4, 0.5) is 5.69 Å². The van der Waals surface area contributed by atoms with Crippen LogP contribution in [0.2, 0.25) is 0 Å². The average Bonchev–Trinajstić information content (AvgIpc) is 2.94. The van der Waals surface area contributed by atoms with Gasteiger partial charge in [0.15, 0.2) is 0 Å². The van der Waals surface area contributed by atoms with E-state index in [0.717, 1.165) is 34.6 Å². The number of nitrogens with one attached hydrogen (secondary N) is 1. The molecule has 102 valence electrons. The molecule has 3 rings (SSSR count). The summed E-state index contributed by atoms with van der Waals surface area (Å²) in [5.41, 5.74) is 5.42. The maximum absolute atomic E-state index is 5.28. The number of fused-ring (bicyclic) bond motifs is 1. The normalized spacial score (nSPS) is 10.7. The van der Waals surface area contributed by atoms with Gasteiger partial charge in [0, 0.05) is 0 Å². The molecule has 5 heteroatoms. The zero-order valence-corrected chi connectivity index (χ0v) is 13.1. The monoisotopic (exact) mass is 333 g/mol. The SMILES string of the molecule is COc1ccc(CNc2cccc3n[se]nc23)cc1C. The van der Waals surface area contributed by atoms with E-state index in [1.54, 1.807) is 7.11 Å². The summed E-state index contributed by atoms with van der Waals surface area (Å²) in [6.45, 7) is 2.82. The van der Waals surface area contributed by atoms with Crippen molar-refractivity contribution in [2.75, 3.05) is 12.4 Å². The van der Waals surface area contributed by atoms with Crippen LogP contribution in [0.1, 0.15) is 11.1 Å². The third-order valence-corrected chi connectivity index (χ3v) is 4.37. The van der Waals surface area contributed by atoms with Gasteiger partial charge in [-0.25, -0.2) is 0 Å². The van der Waals surface area contributed by atoms with Crippen LogP contribution in [0.5, 0.6) is 5.75 Å². The Labute approximate surface area is 124 Å². The molecule has 0 unspecified atom stereocenters. The third-order valence-electron chi connectivity index (χ3n) is 3.23. The van der Waals surface area contributed by atoms with Crippen molar-refractivity contribution < 1.29 is 4.74 Å². The molecule has 0 saturated carbocycles. The number of hydrogen-bond donors (Lipinski definition) is 1. The fraction of sp³-hybridized carbons (Fsp3) is 0.200. The second-order valence-electron chi connectivity index (χ2n) is 4.60. The summed E-state index contributed by atoms with van der Waals surface area (Å²) in [7, 11) is 1.69. The van der Waals surface area contributed by atoms with Gasteiger partial charge in [-0.2, -0.15) is 0 Å². The predicted molar refractivity (Wildman–Crippen MR) is 81.5 cm³/mol. The van der Waals surface area contributed by atoms with Gasteiger partial charge in [-0.1, -0.05) is 0 Å². The van der Waals surface area contributed by atoms with Gasteiger partial charge in [-0.15, -0.1) is 0 Å². The second-order valence-corrected chi connectivity index (χ2v) is 5.70. The van der Waals surface area contributed by atoms with E-state index in [2.05, 4.69) is 38.4 Å². The molecular formula is C15H15N3OSe. The molecule has 0 aliphatic rings. The zero-order chi connectivity index (χ0) is 13.9. The van der Waals surface area contributed by atoms with E-state index in [9.17, 15) is 0 Å². The van der Waals surface area contributed by atoms with E-state index in [1.165, 1.54) is 5.56 Å². The van der Waals surface area contributed by atoms with Gasteiger partial charge in [0.25, 0.3) is 0 Å². The Balaban J connectivity index is 1.79. The first-order valence-corrected chi connectivity index (χ1v) is 7.90. The molecule has 0 bridgehead atoms. The number of anilines is 1. The minimum atomic E-state index is 0.0107.